The van der Waals surface area contributed by atoms with E-state index in [0.29, 0.717) is 24.2 Å². The number of hydrogen-bond acceptors (Lipinski definition) is 3. The van der Waals surface area contributed by atoms with Crippen LogP contribution < -0.4 is 11.1 Å². The molecule has 1 amide bonds. The zero-order valence-corrected chi connectivity index (χ0v) is 9.93. The van der Waals surface area contributed by atoms with E-state index in [9.17, 15) is 9.59 Å². The van der Waals surface area contributed by atoms with Crippen molar-refractivity contribution in [2.75, 3.05) is 11.1 Å². The summed E-state index contributed by atoms with van der Waals surface area (Å²) in [5.74, 6) is -2.18. The van der Waals surface area contributed by atoms with Crippen LogP contribution in [0.1, 0.15) is 19.3 Å². The number of benzene rings is 1. The molecule has 2 rings (SSSR count). The van der Waals surface area contributed by atoms with E-state index in [0.717, 1.165) is 6.42 Å². The quantitative estimate of drug-likeness (QED) is 0.710. The second kappa shape index (κ2) is 5.08. The first-order valence-electron chi connectivity index (χ1n) is 5.98. The maximum atomic E-state index is 12.1. The molecule has 1 aliphatic rings. The fourth-order valence-electron chi connectivity index (χ4n) is 2.41. The van der Waals surface area contributed by atoms with E-state index in [1.54, 1.807) is 24.3 Å². The monoisotopic (exact) mass is 248 g/mol. The molecule has 18 heavy (non-hydrogen) atoms. The molecular weight excluding hydrogens is 232 g/mol. The number of carboxylic acid groups (broad SMARTS) is 1. The molecule has 0 bridgehead atoms. The number of nitrogens with one attached hydrogen (secondary N) is 1. The lowest BCUT2D eigenvalue weighted by atomic mass is 9.95. The lowest BCUT2D eigenvalue weighted by Gasteiger charge is -2.16. The normalized spacial score (nSPS) is 22.7. The Hall–Kier alpha value is -2.04. The number of aliphatic carboxylic acids is 1. The molecule has 5 heteroatoms. The fraction of sp³-hybridized carbons (Fsp3) is 0.385. The minimum absolute atomic E-state index is 0.252. The van der Waals surface area contributed by atoms with Crippen molar-refractivity contribution in [3.63, 3.8) is 0 Å². The summed E-state index contributed by atoms with van der Waals surface area (Å²) in [6.07, 6.45) is 1.96. The van der Waals surface area contributed by atoms with Crippen molar-refractivity contribution in [3.8, 4) is 0 Å². The van der Waals surface area contributed by atoms with Gasteiger partial charge in [0.2, 0.25) is 5.91 Å². The number of amides is 1. The highest BCUT2D eigenvalue weighted by atomic mass is 16.4. The zero-order chi connectivity index (χ0) is 13.1. The van der Waals surface area contributed by atoms with Crippen LogP contribution in [0.5, 0.6) is 0 Å². The lowest BCUT2D eigenvalue weighted by Crippen LogP contribution is -2.30. The summed E-state index contributed by atoms with van der Waals surface area (Å²) in [7, 11) is 0. The van der Waals surface area contributed by atoms with E-state index in [1.807, 2.05) is 0 Å². The topological polar surface area (TPSA) is 92.4 Å². The number of carbonyl (C=O) groups is 2. The van der Waals surface area contributed by atoms with Crippen LogP contribution in [-0.4, -0.2) is 17.0 Å². The summed E-state index contributed by atoms with van der Waals surface area (Å²) < 4.78 is 0. The van der Waals surface area contributed by atoms with Crippen LogP contribution in [-0.2, 0) is 9.59 Å². The largest absolute Gasteiger partial charge is 0.481 e. The number of hydrogen-bond donors (Lipinski definition) is 3. The van der Waals surface area contributed by atoms with Gasteiger partial charge in [0.1, 0.15) is 0 Å². The minimum atomic E-state index is -0.895. The van der Waals surface area contributed by atoms with Crippen LogP contribution in [0.4, 0.5) is 11.4 Å². The molecule has 0 spiro atoms. The van der Waals surface area contributed by atoms with Crippen molar-refractivity contribution in [2.45, 2.75) is 19.3 Å². The molecule has 0 radical (unpaired) electrons. The molecule has 0 heterocycles. The first-order chi connectivity index (χ1) is 8.59. The molecule has 1 saturated carbocycles. The van der Waals surface area contributed by atoms with E-state index in [4.69, 9.17) is 10.8 Å². The van der Waals surface area contributed by atoms with Crippen LogP contribution in [0.3, 0.4) is 0 Å². The Morgan fingerprint density at radius 3 is 2.56 bits per heavy atom. The Bertz CT molecular complexity index is 473. The van der Waals surface area contributed by atoms with Crippen LogP contribution in [0.2, 0.25) is 0 Å². The van der Waals surface area contributed by atoms with Gasteiger partial charge in [-0.2, -0.15) is 0 Å². The van der Waals surface area contributed by atoms with Gasteiger partial charge in [0.25, 0.3) is 0 Å². The molecule has 1 aromatic rings. The highest BCUT2D eigenvalue weighted by Gasteiger charge is 2.37. The Morgan fingerprint density at radius 1 is 1.22 bits per heavy atom. The molecule has 1 aromatic carbocycles. The average molecular weight is 248 g/mol. The molecule has 1 aliphatic carbocycles. The number of carbonyl (C=O) groups excluding carboxylic acids is 1. The summed E-state index contributed by atoms with van der Waals surface area (Å²) in [4.78, 5) is 23.1. The second-order valence-electron chi connectivity index (χ2n) is 4.56. The first kappa shape index (κ1) is 12.4. The van der Waals surface area contributed by atoms with Gasteiger partial charge in [0.15, 0.2) is 0 Å². The zero-order valence-electron chi connectivity index (χ0n) is 9.93. The van der Waals surface area contributed by atoms with Gasteiger partial charge in [-0.05, 0) is 25.0 Å². The number of nitrogen functional groups attached to an aromatic ring is 1. The number of nitrogens with two attached hydrogens (primary N) is 1. The summed E-state index contributed by atoms with van der Waals surface area (Å²) in [6.45, 7) is 0. The number of para-hydroxylation sites is 2. The Balaban J connectivity index is 2.08. The van der Waals surface area contributed by atoms with E-state index in [1.165, 1.54) is 0 Å². The van der Waals surface area contributed by atoms with E-state index < -0.39 is 17.8 Å². The highest BCUT2D eigenvalue weighted by Crippen LogP contribution is 2.33. The number of carboxylic acids is 1. The highest BCUT2D eigenvalue weighted by molar-refractivity contribution is 5.97. The maximum absolute atomic E-state index is 12.1. The van der Waals surface area contributed by atoms with Gasteiger partial charge in [-0.3, -0.25) is 9.59 Å². The van der Waals surface area contributed by atoms with Gasteiger partial charge >= 0.3 is 5.97 Å². The molecular formula is C13H16N2O3. The standard InChI is InChI=1S/C13H16N2O3/c14-10-6-1-2-7-11(10)15-12(16)8-4-3-5-9(8)13(17)18/h1-2,6-9H,3-5,14H2,(H,15,16)(H,17,18)/t8-,9+/m1/s1. The predicted molar refractivity (Wildman–Crippen MR) is 68.0 cm³/mol. The summed E-state index contributed by atoms with van der Waals surface area (Å²) in [5.41, 5.74) is 6.75. The predicted octanol–water partition coefficient (Wildman–Crippen LogP) is 1.71. The van der Waals surface area contributed by atoms with Crippen LogP contribution in [0, 0.1) is 11.8 Å². The van der Waals surface area contributed by atoms with Gasteiger partial charge < -0.3 is 16.2 Å². The van der Waals surface area contributed by atoms with Crippen molar-refractivity contribution in [3.05, 3.63) is 24.3 Å². The van der Waals surface area contributed by atoms with Gasteiger partial charge in [0, 0.05) is 0 Å². The van der Waals surface area contributed by atoms with Crippen LogP contribution >= 0.6 is 0 Å². The number of anilines is 2. The summed E-state index contributed by atoms with van der Waals surface area (Å²) >= 11 is 0. The fourth-order valence-corrected chi connectivity index (χ4v) is 2.41. The van der Waals surface area contributed by atoms with Crippen molar-refractivity contribution in [2.24, 2.45) is 11.8 Å². The van der Waals surface area contributed by atoms with E-state index >= 15 is 0 Å². The average Bonchev–Trinajstić information content (AvgIpc) is 2.81. The molecule has 0 aliphatic heterocycles. The van der Waals surface area contributed by atoms with Crippen molar-refractivity contribution < 1.29 is 14.7 Å². The molecule has 4 N–H and O–H groups in total. The summed E-state index contributed by atoms with van der Waals surface area (Å²) in [5, 5.41) is 11.8. The Labute approximate surface area is 105 Å². The number of rotatable bonds is 3. The summed E-state index contributed by atoms with van der Waals surface area (Å²) in [6, 6.07) is 6.95. The van der Waals surface area contributed by atoms with E-state index in [-0.39, 0.29) is 5.91 Å². The third-order valence-corrected chi connectivity index (χ3v) is 3.39. The molecule has 0 unspecified atom stereocenters. The first-order valence-corrected chi connectivity index (χ1v) is 5.98. The third kappa shape index (κ3) is 2.45. The van der Waals surface area contributed by atoms with Crippen LogP contribution in [0.25, 0.3) is 0 Å². The van der Waals surface area contributed by atoms with Crippen molar-refractivity contribution in [1.82, 2.24) is 0 Å². The van der Waals surface area contributed by atoms with Gasteiger partial charge in [-0.25, -0.2) is 0 Å². The Kier molecular flexibility index (Phi) is 3.50. The second-order valence-corrected chi connectivity index (χ2v) is 4.56. The molecule has 0 aromatic heterocycles. The minimum Gasteiger partial charge on any atom is -0.481 e. The van der Waals surface area contributed by atoms with Gasteiger partial charge in [-0.15, -0.1) is 0 Å². The smallest absolute Gasteiger partial charge is 0.307 e. The van der Waals surface area contributed by atoms with Crippen molar-refractivity contribution in [1.29, 1.82) is 0 Å². The van der Waals surface area contributed by atoms with Gasteiger partial charge in [0.05, 0.1) is 23.2 Å². The maximum Gasteiger partial charge on any atom is 0.307 e. The third-order valence-electron chi connectivity index (χ3n) is 3.39. The van der Waals surface area contributed by atoms with E-state index in [2.05, 4.69) is 5.32 Å². The van der Waals surface area contributed by atoms with Crippen LogP contribution in [0.15, 0.2) is 24.3 Å². The lowest BCUT2D eigenvalue weighted by molar-refractivity contribution is -0.145. The van der Waals surface area contributed by atoms with Gasteiger partial charge in [-0.1, -0.05) is 18.6 Å². The molecule has 0 saturated heterocycles. The van der Waals surface area contributed by atoms with Crippen molar-refractivity contribution >= 4 is 23.3 Å². The molecule has 96 valence electrons. The molecule has 2 atom stereocenters. The Morgan fingerprint density at radius 2 is 1.89 bits per heavy atom. The molecule has 5 nitrogen and oxygen atoms in total. The molecule has 1 fully saturated rings. The SMILES string of the molecule is Nc1ccccc1NC(=O)[C@@H]1CCC[C@@H]1C(=O)O.